The largest absolute Gasteiger partial charge is 0.490 e. The van der Waals surface area contributed by atoms with Gasteiger partial charge in [-0.2, -0.15) is 0 Å². The number of halogens is 3. The van der Waals surface area contributed by atoms with Gasteiger partial charge in [-0.15, -0.1) is 22.7 Å². The fraction of sp³-hybridized carbons (Fsp3) is 0.370. The van der Waals surface area contributed by atoms with Gasteiger partial charge in [0, 0.05) is 31.9 Å². The summed E-state index contributed by atoms with van der Waals surface area (Å²) in [6.45, 7) is 1.47. The summed E-state index contributed by atoms with van der Waals surface area (Å²) in [6, 6.07) is 6.82. The van der Waals surface area contributed by atoms with Gasteiger partial charge in [0.2, 0.25) is 0 Å². The van der Waals surface area contributed by atoms with Gasteiger partial charge in [-0.05, 0) is 75.9 Å². The topological polar surface area (TPSA) is 86.7 Å². The summed E-state index contributed by atoms with van der Waals surface area (Å²) < 4.78 is 27.4. The third-order valence-electron chi connectivity index (χ3n) is 6.68. The number of hydrogen-bond donors (Lipinski definition) is 1. The van der Waals surface area contributed by atoms with Gasteiger partial charge in [-0.3, -0.25) is 9.69 Å². The van der Waals surface area contributed by atoms with Gasteiger partial charge in [0.15, 0.2) is 11.6 Å². The monoisotopic (exact) mass is 727 g/mol. The summed E-state index contributed by atoms with van der Waals surface area (Å²) in [6.07, 6.45) is 4.65. The van der Waals surface area contributed by atoms with Crippen LogP contribution < -0.4 is 19.9 Å². The van der Waals surface area contributed by atoms with E-state index >= 15 is 4.39 Å². The third kappa shape index (κ3) is 6.31. The van der Waals surface area contributed by atoms with Crippen molar-refractivity contribution in [3.8, 4) is 5.75 Å². The van der Waals surface area contributed by atoms with Crippen LogP contribution in [0.5, 0.6) is 5.75 Å². The number of thiophene rings is 2. The Morgan fingerprint density at radius 1 is 1.27 bits per heavy atom. The van der Waals surface area contributed by atoms with Gasteiger partial charge in [0.25, 0.3) is 5.91 Å². The van der Waals surface area contributed by atoms with Crippen molar-refractivity contribution < 1.29 is 23.5 Å². The van der Waals surface area contributed by atoms with Crippen molar-refractivity contribution in [2.24, 2.45) is 4.99 Å². The maximum atomic E-state index is 15.2. The van der Waals surface area contributed by atoms with Crippen molar-refractivity contribution in [1.29, 1.82) is 0 Å². The minimum Gasteiger partial charge on any atom is -0.490 e. The highest BCUT2D eigenvalue weighted by molar-refractivity contribution is 9.11. The summed E-state index contributed by atoms with van der Waals surface area (Å²) in [5, 5.41) is 3.41. The molecule has 0 radical (unpaired) electrons. The van der Waals surface area contributed by atoms with E-state index < -0.39 is 11.8 Å². The molecule has 1 aromatic carbocycles. The smallest absolute Gasteiger partial charge is 0.350 e. The van der Waals surface area contributed by atoms with Crippen molar-refractivity contribution in [3.05, 3.63) is 47.4 Å². The van der Waals surface area contributed by atoms with E-state index in [1.165, 1.54) is 40.7 Å². The van der Waals surface area contributed by atoms with Gasteiger partial charge in [-0.1, -0.05) is 0 Å². The Bertz CT molecular complexity index is 1490. The minimum absolute atomic E-state index is 0.0580. The molecule has 2 aliphatic heterocycles. The number of carbonyl (C=O) groups excluding carboxylic acids is 2. The summed E-state index contributed by atoms with van der Waals surface area (Å²) in [4.78, 5) is 36.9. The molecule has 0 saturated carbocycles. The number of esters is 1. The van der Waals surface area contributed by atoms with Crippen molar-refractivity contribution in [2.75, 3.05) is 50.8 Å². The van der Waals surface area contributed by atoms with Crippen LogP contribution in [0.3, 0.4) is 0 Å². The Morgan fingerprint density at radius 2 is 2.07 bits per heavy atom. The van der Waals surface area contributed by atoms with Gasteiger partial charge >= 0.3 is 5.97 Å². The average molecular weight is 729 g/mol. The Hall–Kier alpha value is -2.52. The van der Waals surface area contributed by atoms with Crippen LogP contribution in [0.25, 0.3) is 0 Å². The summed E-state index contributed by atoms with van der Waals surface area (Å²) in [7, 11) is 4.97. The minimum atomic E-state index is -0.541. The fourth-order valence-corrected chi connectivity index (χ4v) is 8.06. The zero-order valence-corrected chi connectivity index (χ0v) is 27.4. The summed E-state index contributed by atoms with van der Waals surface area (Å²) >= 11 is 9.61. The summed E-state index contributed by atoms with van der Waals surface area (Å²) in [5.74, 6) is -1.17. The molecule has 4 heterocycles. The standard InChI is InChI=1S/C27H28Br2FN5O4S2/c1-33(2)13-32-21-22(25(29)41-24(21)27(37)38-3)35-14-34(26(36)23-18(35)12-20(28)40-23)16-6-7-19(17(30)11-16)39-10-8-15-5-4-9-31-15/h6-7,11-13,15,31H,4-5,8-10,14H2,1-3H3. The molecule has 0 bridgehead atoms. The van der Waals surface area contributed by atoms with E-state index in [-0.39, 0.29) is 18.3 Å². The van der Waals surface area contributed by atoms with E-state index in [1.54, 1.807) is 23.4 Å². The number of nitrogens with zero attached hydrogens (tertiary/aromatic N) is 4. The predicted octanol–water partition coefficient (Wildman–Crippen LogP) is 6.76. The number of benzene rings is 1. The van der Waals surface area contributed by atoms with Crippen LogP contribution in [0.1, 0.15) is 38.6 Å². The van der Waals surface area contributed by atoms with Gasteiger partial charge in [-0.25, -0.2) is 14.2 Å². The molecule has 1 saturated heterocycles. The third-order valence-corrected chi connectivity index (χ3v) is 10.1. The number of nitrogens with one attached hydrogen (secondary N) is 1. The Balaban J connectivity index is 1.49. The molecule has 14 heteroatoms. The van der Waals surface area contributed by atoms with Crippen LogP contribution >= 0.6 is 54.5 Å². The number of ether oxygens (including phenoxy) is 2. The Labute approximate surface area is 262 Å². The van der Waals surface area contributed by atoms with E-state index in [2.05, 4.69) is 42.2 Å². The lowest BCUT2D eigenvalue weighted by molar-refractivity contribution is 0.0607. The first-order valence-electron chi connectivity index (χ1n) is 12.8. The van der Waals surface area contributed by atoms with Crippen LogP contribution in [-0.4, -0.2) is 70.2 Å². The van der Waals surface area contributed by atoms with Crippen LogP contribution in [0.15, 0.2) is 36.8 Å². The molecule has 3 aromatic rings. The second kappa shape index (κ2) is 12.8. The number of fused-ring (bicyclic) bond motifs is 1. The van der Waals surface area contributed by atoms with Gasteiger partial charge in [0.1, 0.15) is 22.1 Å². The van der Waals surface area contributed by atoms with Gasteiger partial charge in [0.05, 0.1) is 39.0 Å². The molecule has 41 heavy (non-hydrogen) atoms. The molecule has 0 aliphatic carbocycles. The molecule has 1 fully saturated rings. The quantitative estimate of drug-likeness (QED) is 0.148. The van der Waals surface area contributed by atoms with Crippen LogP contribution in [0.2, 0.25) is 0 Å². The lowest BCUT2D eigenvalue weighted by atomic mass is 10.2. The lowest BCUT2D eigenvalue weighted by Crippen LogP contribution is -2.44. The molecule has 2 aliphatic rings. The van der Waals surface area contributed by atoms with E-state index in [4.69, 9.17) is 9.47 Å². The number of hydrogen-bond acceptors (Lipinski definition) is 9. The average Bonchev–Trinajstić information content (AvgIpc) is 3.67. The molecule has 2 aromatic heterocycles. The van der Waals surface area contributed by atoms with Crippen LogP contribution in [0.4, 0.5) is 27.1 Å². The maximum Gasteiger partial charge on any atom is 0.350 e. The molecule has 9 nitrogen and oxygen atoms in total. The van der Waals surface area contributed by atoms with Gasteiger partial charge < -0.3 is 24.6 Å². The highest BCUT2D eigenvalue weighted by Gasteiger charge is 2.37. The predicted molar refractivity (Wildman–Crippen MR) is 169 cm³/mol. The summed E-state index contributed by atoms with van der Waals surface area (Å²) in [5.41, 5.74) is 2.03. The number of aliphatic imine (C=N–C) groups is 1. The van der Waals surface area contributed by atoms with Crippen LogP contribution in [0, 0.1) is 5.82 Å². The Morgan fingerprint density at radius 3 is 2.76 bits per heavy atom. The fourth-order valence-electron chi connectivity index (χ4n) is 4.73. The normalized spacial score (nSPS) is 16.9. The SMILES string of the molecule is COC(=O)c1sc(Br)c(N2CN(c3ccc(OCCC4CCCN4)c(F)c3)C(=O)c3sc(Br)cc32)c1N=CN(C)C. The van der Waals surface area contributed by atoms with E-state index in [0.29, 0.717) is 48.9 Å². The molecule has 1 N–H and O–H groups in total. The van der Waals surface area contributed by atoms with Crippen molar-refractivity contribution in [2.45, 2.75) is 25.3 Å². The highest BCUT2D eigenvalue weighted by atomic mass is 79.9. The first-order chi connectivity index (χ1) is 19.7. The first kappa shape index (κ1) is 30.0. The molecular weight excluding hydrogens is 701 g/mol. The first-order valence-corrected chi connectivity index (χ1v) is 16.1. The second-order valence-electron chi connectivity index (χ2n) is 9.71. The zero-order valence-electron chi connectivity index (χ0n) is 22.6. The van der Waals surface area contributed by atoms with E-state index in [9.17, 15) is 9.59 Å². The number of amides is 1. The zero-order chi connectivity index (χ0) is 29.3. The molecule has 1 unspecified atom stereocenters. The molecule has 0 spiro atoms. The number of methoxy groups -OCH3 is 1. The Kier molecular flexibility index (Phi) is 9.33. The molecule has 1 atom stereocenters. The van der Waals surface area contributed by atoms with E-state index in [1.807, 2.05) is 25.1 Å². The van der Waals surface area contributed by atoms with Crippen molar-refractivity contribution in [3.63, 3.8) is 0 Å². The number of rotatable bonds is 9. The molecule has 218 valence electrons. The lowest BCUT2D eigenvalue weighted by Gasteiger charge is -2.36. The maximum absolute atomic E-state index is 15.2. The van der Waals surface area contributed by atoms with Crippen molar-refractivity contribution in [1.82, 2.24) is 10.2 Å². The van der Waals surface area contributed by atoms with Crippen molar-refractivity contribution >= 4 is 95.5 Å². The second-order valence-corrected chi connectivity index (χ2v) is 14.5. The van der Waals surface area contributed by atoms with Crippen LogP contribution in [-0.2, 0) is 4.74 Å². The van der Waals surface area contributed by atoms with E-state index in [0.717, 1.165) is 29.6 Å². The molecular formula is C27H28Br2FN5O4S2. The highest BCUT2D eigenvalue weighted by Crippen LogP contribution is 2.52. The molecule has 5 rings (SSSR count). The molecule has 1 amide bonds. The number of carbonyl (C=O) groups is 2. The number of anilines is 3.